The second kappa shape index (κ2) is 9.60. The summed E-state index contributed by atoms with van der Waals surface area (Å²) in [6, 6.07) is 20.4. The molecule has 162 valence electrons. The fraction of sp³-hybridized carbons (Fsp3) is 0.320. The van der Waals surface area contributed by atoms with Crippen molar-refractivity contribution in [2.45, 2.75) is 6.92 Å². The first-order valence-corrected chi connectivity index (χ1v) is 10.6. The fourth-order valence-electron chi connectivity index (χ4n) is 3.91. The average molecular weight is 420 g/mol. The van der Waals surface area contributed by atoms with Gasteiger partial charge in [0.1, 0.15) is 11.5 Å². The Kier molecular flexibility index (Phi) is 6.46. The van der Waals surface area contributed by atoms with Gasteiger partial charge in [0.15, 0.2) is 0 Å². The lowest BCUT2D eigenvalue weighted by atomic mass is 10.1. The summed E-state index contributed by atoms with van der Waals surface area (Å²) in [6.07, 6.45) is 0. The van der Waals surface area contributed by atoms with E-state index in [0.717, 1.165) is 54.6 Å². The number of methoxy groups -OCH3 is 2. The summed E-state index contributed by atoms with van der Waals surface area (Å²) in [5.41, 5.74) is 4.28. The Morgan fingerprint density at radius 3 is 2.23 bits per heavy atom. The number of nitrogens with zero attached hydrogens (tertiary/aromatic N) is 3. The molecule has 1 aromatic heterocycles. The van der Waals surface area contributed by atoms with Crippen LogP contribution < -0.4 is 24.0 Å². The van der Waals surface area contributed by atoms with Crippen molar-refractivity contribution in [1.29, 1.82) is 0 Å². The van der Waals surface area contributed by atoms with Crippen LogP contribution in [0.1, 0.15) is 6.92 Å². The zero-order valence-electron chi connectivity index (χ0n) is 18.4. The van der Waals surface area contributed by atoms with Gasteiger partial charge in [-0.15, -0.1) is 0 Å². The van der Waals surface area contributed by atoms with Crippen molar-refractivity contribution in [1.82, 2.24) is 4.98 Å². The molecule has 31 heavy (non-hydrogen) atoms. The van der Waals surface area contributed by atoms with Gasteiger partial charge >= 0.3 is 0 Å². The third-order valence-electron chi connectivity index (χ3n) is 5.53. The third-order valence-corrected chi connectivity index (χ3v) is 5.53. The summed E-state index contributed by atoms with van der Waals surface area (Å²) < 4.78 is 16.4. The van der Waals surface area contributed by atoms with E-state index < -0.39 is 0 Å². The van der Waals surface area contributed by atoms with Crippen molar-refractivity contribution < 1.29 is 14.2 Å². The van der Waals surface area contributed by atoms with Gasteiger partial charge < -0.3 is 24.0 Å². The Balaban J connectivity index is 1.56. The number of ether oxygens (including phenoxy) is 3. The van der Waals surface area contributed by atoms with Crippen LogP contribution in [-0.4, -0.2) is 52.0 Å². The molecule has 2 heterocycles. The van der Waals surface area contributed by atoms with Crippen molar-refractivity contribution in [2.24, 2.45) is 0 Å². The van der Waals surface area contributed by atoms with E-state index in [1.807, 2.05) is 43.3 Å². The van der Waals surface area contributed by atoms with Crippen LogP contribution in [0.2, 0.25) is 0 Å². The molecule has 0 unspecified atom stereocenters. The Morgan fingerprint density at radius 2 is 1.55 bits per heavy atom. The molecule has 6 heteroatoms. The molecule has 0 spiro atoms. The molecule has 6 nitrogen and oxygen atoms in total. The highest BCUT2D eigenvalue weighted by Gasteiger charge is 2.21. The lowest BCUT2D eigenvalue weighted by Gasteiger charge is -2.38. The maximum atomic E-state index is 5.70. The normalized spacial score (nSPS) is 13.8. The topological polar surface area (TPSA) is 47.1 Å². The van der Waals surface area contributed by atoms with Crippen molar-refractivity contribution in [3.63, 3.8) is 0 Å². The molecule has 0 radical (unpaired) electrons. The van der Waals surface area contributed by atoms with Gasteiger partial charge in [-0.05, 0) is 49.4 Å². The number of aromatic nitrogens is 1. The summed E-state index contributed by atoms with van der Waals surface area (Å²) >= 11 is 0. The minimum Gasteiger partial charge on any atom is -0.497 e. The highest BCUT2D eigenvalue weighted by Crippen LogP contribution is 2.34. The van der Waals surface area contributed by atoms with Gasteiger partial charge in [0.05, 0.1) is 32.2 Å². The van der Waals surface area contributed by atoms with Crippen LogP contribution in [0.15, 0.2) is 60.7 Å². The van der Waals surface area contributed by atoms with Gasteiger partial charge in [0.2, 0.25) is 5.88 Å². The van der Waals surface area contributed by atoms with Crippen LogP contribution in [0.25, 0.3) is 11.3 Å². The van der Waals surface area contributed by atoms with Gasteiger partial charge in [-0.1, -0.05) is 12.1 Å². The molecule has 0 bridgehead atoms. The highest BCUT2D eigenvalue weighted by atomic mass is 16.5. The number of hydrogen-bond acceptors (Lipinski definition) is 6. The number of rotatable bonds is 7. The van der Waals surface area contributed by atoms with Gasteiger partial charge in [-0.25, -0.2) is 4.98 Å². The second-order valence-electron chi connectivity index (χ2n) is 7.35. The molecule has 3 aromatic rings. The van der Waals surface area contributed by atoms with Crippen LogP contribution in [0.3, 0.4) is 0 Å². The minimum atomic E-state index is 0.609. The van der Waals surface area contributed by atoms with E-state index >= 15 is 0 Å². The molecule has 0 saturated carbocycles. The largest absolute Gasteiger partial charge is 0.497 e. The first kappa shape index (κ1) is 20.8. The molecular weight excluding hydrogens is 390 g/mol. The maximum Gasteiger partial charge on any atom is 0.213 e. The molecular formula is C25H29N3O3. The first-order chi connectivity index (χ1) is 15.2. The van der Waals surface area contributed by atoms with Crippen molar-refractivity contribution >= 4 is 11.4 Å². The molecule has 4 rings (SSSR count). The van der Waals surface area contributed by atoms with E-state index in [2.05, 4.69) is 34.1 Å². The summed E-state index contributed by atoms with van der Waals surface area (Å²) in [6.45, 7) is 6.34. The zero-order chi connectivity index (χ0) is 21.6. The number of pyridine rings is 1. The molecule has 1 aliphatic heterocycles. The molecule has 0 amide bonds. The zero-order valence-corrected chi connectivity index (χ0v) is 18.4. The molecule has 2 aromatic carbocycles. The Hall–Kier alpha value is -3.41. The van der Waals surface area contributed by atoms with Crippen molar-refractivity contribution in [3.8, 4) is 28.6 Å². The van der Waals surface area contributed by atoms with Gasteiger partial charge in [-0.3, -0.25) is 0 Å². The maximum absolute atomic E-state index is 5.70. The molecule has 1 saturated heterocycles. The summed E-state index contributed by atoms with van der Waals surface area (Å²) in [7, 11) is 3.34. The lowest BCUT2D eigenvalue weighted by molar-refractivity contribution is 0.340. The molecule has 0 atom stereocenters. The smallest absolute Gasteiger partial charge is 0.213 e. The van der Waals surface area contributed by atoms with E-state index in [0.29, 0.717) is 12.5 Å². The third kappa shape index (κ3) is 4.68. The van der Waals surface area contributed by atoms with Gasteiger partial charge in [-0.2, -0.15) is 0 Å². The van der Waals surface area contributed by atoms with Gasteiger partial charge in [0, 0.05) is 43.5 Å². The fourth-order valence-corrected chi connectivity index (χ4v) is 3.91. The summed E-state index contributed by atoms with van der Waals surface area (Å²) in [4.78, 5) is 9.59. The van der Waals surface area contributed by atoms with E-state index in [1.54, 1.807) is 14.2 Å². The predicted molar refractivity (Wildman–Crippen MR) is 125 cm³/mol. The lowest BCUT2D eigenvalue weighted by Crippen LogP contribution is -2.46. The van der Waals surface area contributed by atoms with Crippen LogP contribution in [0.5, 0.6) is 17.4 Å². The predicted octanol–water partition coefficient (Wildman–Crippen LogP) is 4.49. The molecule has 1 aliphatic rings. The van der Waals surface area contributed by atoms with Gasteiger partial charge in [0.25, 0.3) is 0 Å². The molecule has 0 N–H and O–H groups in total. The Morgan fingerprint density at radius 1 is 0.806 bits per heavy atom. The second-order valence-corrected chi connectivity index (χ2v) is 7.35. The average Bonchev–Trinajstić information content (AvgIpc) is 2.84. The SMILES string of the molecule is CCOc1cccc(-c2nc(OC)ccc2N2CCN(c3ccc(OC)cc3)CC2)c1. The van der Waals surface area contributed by atoms with E-state index in [9.17, 15) is 0 Å². The van der Waals surface area contributed by atoms with Crippen LogP contribution in [-0.2, 0) is 0 Å². The minimum absolute atomic E-state index is 0.609. The Labute approximate surface area is 184 Å². The molecule has 1 fully saturated rings. The molecule has 0 aliphatic carbocycles. The van der Waals surface area contributed by atoms with Crippen LogP contribution >= 0.6 is 0 Å². The van der Waals surface area contributed by atoms with Crippen molar-refractivity contribution in [2.75, 3.05) is 56.8 Å². The first-order valence-electron chi connectivity index (χ1n) is 10.6. The van der Waals surface area contributed by atoms with E-state index in [-0.39, 0.29) is 0 Å². The van der Waals surface area contributed by atoms with E-state index in [1.165, 1.54) is 5.69 Å². The number of piperazine rings is 1. The highest BCUT2D eigenvalue weighted by molar-refractivity contribution is 5.77. The number of hydrogen-bond donors (Lipinski definition) is 0. The number of benzene rings is 2. The standard InChI is InChI=1S/C25H29N3O3/c1-4-31-22-7-5-6-19(18-22)25-23(12-13-24(26-25)30-3)28-16-14-27(15-17-28)20-8-10-21(29-2)11-9-20/h5-13,18H,4,14-17H2,1-3H3. The Bertz CT molecular complexity index is 999. The van der Waals surface area contributed by atoms with Crippen LogP contribution in [0.4, 0.5) is 11.4 Å². The summed E-state index contributed by atoms with van der Waals surface area (Å²) in [5, 5.41) is 0. The summed E-state index contributed by atoms with van der Waals surface area (Å²) in [5.74, 6) is 2.34. The number of anilines is 2. The van der Waals surface area contributed by atoms with E-state index in [4.69, 9.17) is 19.2 Å². The van der Waals surface area contributed by atoms with Crippen LogP contribution in [0, 0.1) is 0 Å². The quantitative estimate of drug-likeness (QED) is 0.562. The monoisotopic (exact) mass is 419 g/mol. The van der Waals surface area contributed by atoms with Crippen molar-refractivity contribution in [3.05, 3.63) is 60.7 Å².